The van der Waals surface area contributed by atoms with Crippen LogP contribution in [0, 0.1) is 6.92 Å². The highest BCUT2D eigenvalue weighted by atomic mass is 79.9. The lowest BCUT2D eigenvalue weighted by Gasteiger charge is -2.28. The smallest absolute Gasteiger partial charge is 0.264 e. The third-order valence-corrected chi connectivity index (χ3v) is 5.77. The summed E-state index contributed by atoms with van der Waals surface area (Å²) in [5.41, 5.74) is 2.28. The molecule has 0 saturated carbocycles. The summed E-state index contributed by atoms with van der Waals surface area (Å²) in [5, 5.41) is 0. The van der Waals surface area contributed by atoms with Crippen molar-refractivity contribution < 1.29 is 4.79 Å². The van der Waals surface area contributed by atoms with E-state index in [0.29, 0.717) is 6.54 Å². The Labute approximate surface area is 138 Å². The van der Waals surface area contributed by atoms with Crippen molar-refractivity contribution in [2.45, 2.75) is 39.8 Å². The first-order valence-corrected chi connectivity index (χ1v) is 8.74. The van der Waals surface area contributed by atoms with Crippen LogP contribution in [-0.4, -0.2) is 16.8 Å². The number of thiophene rings is 1. The minimum absolute atomic E-state index is 0.118. The molecule has 2 rings (SSSR count). The molecule has 2 nitrogen and oxygen atoms in total. The molecule has 112 valence electrons. The highest BCUT2D eigenvalue weighted by molar-refractivity contribution is 9.11. The molecule has 4 heteroatoms. The fourth-order valence-corrected chi connectivity index (χ4v) is 3.63. The van der Waals surface area contributed by atoms with Gasteiger partial charge in [0.05, 0.1) is 8.66 Å². The number of nitrogens with zero attached hydrogens (tertiary/aromatic N) is 1. The zero-order chi connectivity index (χ0) is 15.4. The average molecular weight is 366 g/mol. The topological polar surface area (TPSA) is 20.3 Å². The maximum atomic E-state index is 12.8. The largest absolute Gasteiger partial charge is 0.331 e. The Morgan fingerprint density at radius 3 is 2.52 bits per heavy atom. The second kappa shape index (κ2) is 7.23. The zero-order valence-corrected chi connectivity index (χ0v) is 15.0. The number of halogens is 1. The minimum atomic E-state index is 0.118. The van der Waals surface area contributed by atoms with Gasteiger partial charge in [-0.25, -0.2) is 0 Å². The third-order valence-electron chi connectivity index (χ3n) is 3.65. The van der Waals surface area contributed by atoms with Crippen LogP contribution in [0.2, 0.25) is 0 Å². The van der Waals surface area contributed by atoms with E-state index >= 15 is 0 Å². The van der Waals surface area contributed by atoms with Gasteiger partial charge in [-0.1, -0.05) is 37.3 Å². The molecule has 21 heavy (non-hydrogen) atoms. The van der Waals surface area contributed by atoms with E-state index in [4.69, 9.17) is 0 Å². The highest BCUT2D eigenvalue weighted by Gasteiger charge is 2.22. The van der Waals surface area contributed by atoms with Crippen molar-refractivity contribution in [3.05, 3.63) is 56.2 Å². The van der Waals surface area contributed by atoms with E-state index in [-0.39, 0.29) is 11.9 Å². The number of hydrogen-bond acceptors (Lipinski definition) is 2. The Morgan fingerprint density at radius 1 is 1.33 bits per heavy atom. The number of hydrogen-bond donors (Lipinski definition) is 0. The average Bonchev–Trinajstić information content (AvgIpc) is 2.84. The first-order chi connectivity index (χ1) is 10.0. The summed E-state index contributed by atoms with van der Waals surface area (Å²) in [7, 11) is 0. The maximum absolute atomic E-state index is 12.8. The number of carbonyl (C=O) groups excluding carboxylic acids is 1. The first kappa shape index (κ1) is 16.2. The molecular formula is C17H20BrNOS. The minimum Gasteiger partial charge on any atom is -0.331 e. The Balaban J connectivity index is 2.25. The van der Waals surface area contributed by atoms with Crippen LogP contribution in [0.15, 0.2) is 40.2 Å². The van der Waals surface area contributed by atoms with Gasteiger partial charge in [0.25, 0.3) is 5.91 Å². The van der Waals surface area contributed by atoms with Gasteiger partial charge in [-0.05, 0) is 53.4 Å². The van der Waals surface area contributed by atoms with Gasteiger partial charge in [-0.2, -0.15) is 0 Å². The van der Waals surface area contributed by atoms with E-state index in [0.717, 1.165) is 20.6 Å². The van der Waals surface area contributed by atoms with Gasteiger partial charge in [0.2, 0.25) is 0 Å². The number of benzene rings is 1. The molecule has 1 aromatic heterocycles. The van der Waals surface area contributed by atoms with Crippen molar-refractivity contribution in [3.63, 3.8) is 0 Å². The number of amides is 1. The molecule has 0 N–H and O–H groups in total. The molecule has 1 heterocycles. The predicted octanol–water partition coefficient (Wildman–Crippen LogP) is 5.26. The fourth-order valence-electron chi connectivity index (χ4n) is 2.14. The summed E-state index contributed by atoms with van der Waals surface area (Å²) in [6, 6.07) is 12.4. The molecule has 1 amide bonds. The Bertz CT molecular complexity index is 589. The van der Waals surface area contributed by atoms with Crippen LogP contribution in [0.3, 0.4) is 0 Å². The maximum Gasteiger partial charge on any atom is 0.264 e. The number of aryl methyl sites for hydroxylation is 1. The lowest BCUT2D eigenvalue weighted by atomic mass is 10.1. The molecule has 0 aliphatic rings. The van der Waals surface area contributed by atoms with Gasteiger partial charge >= 0.3 is 0 Å². The molecule has 1 unspecified atom stereocenters. The van der Waals surface area contributed by atoms with Crippen LogP contribution >= 0.6 is 27.3 Å². The van der Waals surface area contributed by atoms with Gasteiger partial charge in [-0.3, -0.25) is 4.79 Å². The van der Waals surface area contributed by atoms with E-state index in [9.17, 15) is 4.79 Å². The van der Waals surface area contributed by atoms with E-state index in [2.05, 4.69) is 41.9 Å². The summed E-state index contributed by atoms with van der Waals surface area (Å²) in [6.45, 7) is 6.90. The fraction of sp³-hybridized carbons (Fsp3) is 0.353. The SMILES string of the molecule is CCC(C)N(Cc1ccccc1)C(=O)c1cc(C)c(Br)s1. The lowest BCUT2D eigenvalue weighted by Crippen LogP contribution is -2.37. The molecule has 1 atom stereocenters. The van der Waals surface area contributed by atoms with Crippen molar-refractivity contribution in [1.29, 1.82) is 0 Å². The standard InChI is InChI=1S/C17H20BrNOS/c1-4-13(3)19(11-14-8-6-5-7-9-14)17(20)15-10-12(2)16(18)21-15/h5-10,13H,4,11H2,1-3H3. The summed E-state index contributed by atoms with van der Waals surface area (Å²) >= 11 is 5.02. The van der Waals surface area contributed by atoms with Gasteiger partial charge in [0.1, 0.15) is 0 Å². The van der Waals surface area contributed by atoms with Gasteiger partial charge in [0, 0.05) is 12.6 Å². The van der Waals surface area contributed by atoms with Gasteiger partial charge in [0.15, 0.2) is 0 Å². The first-order valence-electron chi connectivity index (χ1n) is 7.13. The van der Waals surface area contributed by atoms with Gasteiger partial charge < -0.3 is 4.90 Å². The second-order valence-corrected chi connectivity index (χ2v) is 7.61. The van der Waals surface area contributed by atoms with Gasteiger partial charge in [-0.15, -0.1) is 11.3 Å². The van der Waals surface area contributed by atoms with Crippen LogP contribution in [0.5, 0.6) is 0 Å². The monoisotopic (exact) mass is 365 g/mol. The summed E-state index contributed by atoms with van der Waals surface area (Å²) in [5.74, 6) is 0.118. The van der Waals surface area contributed by atoms with E-state index < -0.39 is 0 Å². The third kappa shape index (κ3) is 3.95. The molecule has 1 aromatic carbocycles. The van der Waals surface area contributed by atoms with E-state index in [1.54, 1.807) is 0 Å². The van der Waals surface area contributed by atoms with Crippen LogP contribution < -0.4 is 0 Å². The zero-order valence-electron chi connectivity index (χ0n) is 12.6. The van der Waals surface area contributed by atoms with E-state index in [1.165, 1.54) is 16.9 Å². The van der Waals surface area contributed by atoms with Crippen molar-refractivity contribution >= 4 is 33.2 Å². The molecule has 0 fully saturated rings. The molecule has 0 aliphatic carbocycles. The van der Waals surface area contributed by atoms with Crippen molar-refractivity contribution in [1.82, 2.24) is 4.90 Å². The second-order valence-electron chi connectivity index (χ2n) is 5.24. The van der Waals surface area contributed by atoms with Crippen LogP contribution in [0.25, 0.3) is 0 Å². The van der Waals surface area contributed by atoms with Crippen molar-refractivity contribution in [2.24, 2.45) is 0 Å². The normalized spacial score (nSPS) is 12.2. The van der Waals surface area contributed by atoms with Crippen LogP contribution in [0.1, 0.15) is 41.1 Å². The molecule has 0 saturated heterocycles. The predicted molar refractivity (Wildman–Crippen MR) is 92.8 cm³/mol. The van der Waals surface area contributed by atoms with Crippen molar-refractivity contribution in [3.8, 4) is 0 Å². The van der Waals surface area contributed by atoms with Crippen LogP contribution in [0.4, 0.5) is 0 Å². The Hall–Kier alpha value is -1.13. The Morgan fingerprint density at radius 2 is 2.00 bits per heavy atom. The molecule has 0 spiro atoms. The lowest BCUT2D eigenvalue weighted by molar-refractivity contribution is 0.0676. The molecular weight excluding hydrogens is 346 g/mol. The Kier molecular flexibility index (Phi) is 5.59. The molecule has 0 bridgehead atoms. The molecule has 0 aliphatic heterocycles. The van der Waals surface area contributed by atoms with Crippen LogP contribution in [-0.2, 0) is 6.54 Å². The summed E-state index contributed by atoms with van der Waals surface area (Å²) in [6.07, 6.45) is 0.949. The summed E-state index contributed by atoms with van der Waals surface area (Å²) in [4.78, 5) is 15.6. The highest BCUT2D eigenvalue weighted by Crippen LogP contribution is 2.29. The number of carbonyl (C=O) groups is 1. The van der Waals surface area contributed by atoms with Crippen molar-refractivity contribution in [2.75, 3.05) is 0 Å². The summed E-state index contributed by atoms with van der Waals surface area (Å²) < 4.78 is 1.04. The molecule has 0 radical (unpaired) electrons. The van der Waals surface area contributed by atoms with E-state index in [1.807, 2.05) is 36.1 Å². The molecule has 2 aromatic rings. The quantitative estimate of drug-likeness (QED) is 0.707. The number of rotatable bonds is 5.